The van der Waals surface area contributed by atoms with Crippen molar-refractivity contribution in [3.05, 3.63) is 29.1 Å². The Labute approximate surface area is 296 Å². The first kappa shape index (κ1) is 34.6. The Morgan fingerprint density at radius 1 is 0.882 bits per heavy atom. The summed E-state index contributed by atoms with van der Waals surface area (Å²) in [6, 6.07) is 1.46. The molecular weight excluding hydrogens is 681 g/mol. The third-order valence-electron chi connectivity index (χ3n) is 12.7. The average Bonchev–Trinajstić information content (AvgIpc) is 3.31. The molecule has 14 nitrogen and oxygen atoms in total. The number of halogens is 1. The van der Waals surface area contributed by atoms with Crippen LogP contribution < -0.4 is 21.3 Å². The van der Waals surface area contributed by atoms with E-state index >= 15 is 4.39 Å². The summed E-state index contributed by atoms with van der Waals surface area (Å²) in [5.41, 5.74) is 5.84. The average molecular weight is 728 g/mol. The quantitative estimate of drug-likeness (QED) is 0.323. The molecule has 1 atom stereocenters. The number of carbonyl (C=O) groups excluding carboxylic acids is 5. The van der Waals surface area contributed by atoms with Crippen molar-refractivity contribution in [2.45, 2.75) is 93.5 Å². The molecule has 3 aliphatic carbocycles. The van der Waals surface area contributed by atoms with Gasteiger partial charge in [-0.2, -0.15) is 0 Å². The molecule has 0 spiro atoms. The van der Waals surface area contributed by atoms with Gasteiger partial charge in [0.2, 0.25) is 27.7 Å². The minimum Gasteiger partial charge on any atom is -0.369 e. The third kappa shape index (κ3) is 5.86. The van der Waals surface area contributed by atoms with Crippen molar-refractivity contribution >= 4 is 45.2 Å². The minimum absolute atomic E-state index is 0.0122. The molecule has 1 aromatic carbocycles. The van der Waals surface area contributed by atoms with Crippen molar-refractivity contribution in [3.63, 3.8) is 0 Å². The van der Waals surface area contributed by atoms with Crippen LogP contribution in [-0.2, 0) is 24.4 Å². The number of nitrogens with zero attached hydrogens (tertiary/aromatic N) is 4. The molecule has 0 radical (unpaired) electrons. The van der Waals surface area contributed by atoms with Crippen molar-refractivity contribution < 1.29 is 36.8 Å². The number of imide groups is 2. The zero-order chi connectivity index (χ0) is 35.9. The Bertz CT molecular complexity index is 1760. The molecule has 3 saturated carbocycles. The number of anilines is 1. The van der Waals surface area contributed by atoms with Crippen LogP contribution in [0.15, 0.2) is 12.1 Å². The van der Waals surface area contributed by atoms with Gasteiger partial charge in [-0.25, -0.2) is 17.1 Å². The van der Waals surface area contributed by atoms with Crippen molar-refractivity contribution in [3.8, 4) is 0 Å². The largest absolute Gasteiger partial charge is 0.369 e. The van der Waals surface area contributed by atoms with E-state index in [1.807, 2.05) is 9.80 Å². The van der Waals surface area contributed by atoms with Crippen LogP contribution in [0.25, 0.3) is 0 Å². The van der Waals surface area contributed by atoms with Crippen LogP contribution in [0.5, 0.6) is 0 Å². The summed E-state index contributed by atoms with van der Waals surface area (Å²) in [6.07, 6.45) is 6.37. The lowest BCUT2D eigenvalue weighted by molar-refractivity contribution is -0.193. The van der Waals surface area contributed by atoms with Gasteiger partial charge in [0, 0.05) is 57.3 Å². The highest BCUT2D eigenvalue weighted by molar-refractivity contribution is 7.89. The van der Waals surface area contributed by atoms with Gasteiger partial charge in [-0.15, -0.1) is 0 Å². The van der Waals surface area contributed by atoms with Crippen molar-refractivity contribution in [2.24, 2.45) is 17.1 Å². The number of fused-ring (bicyclic) bond motifs is 1. The molecule has 276 valence electrons. The molecule has 0 aromatic heterocycles. The van der Waals surface area contributed by atoms with Gasteiger partial charge in [0.05, 0.1) is 27.5 Å². The first-order valence-corrected chi connectivity index (χ1v) is 19.9. The van der Waals surface area contributed by atoms with Crippen LogP contribution in [0.2, 0.25) is 0 Å². The number of hydrogen-bond donors (Lipinski definition) is 3. The molecule has 5 amide bonds. The maximum atomic E-state index is 15.4. The molecule has 4 saturated heterocycles. The lowest BCUT2D eigenvalue weighted by Gasteiger charge is -2.70. The summed E-state index contributed by atoms with van der Waals surface area (Å²) in [4.78, 5) is 68.4. The van der Waals surface area contributed by atoms with Gasteiger partial charge in [0.15, 0.2) is 0 Å². The number of nitrogens with two attached hydrogens (primary N) is 1. The van der Waals surface area contributed by atoms with Crippen LogP contribution >= 0.6 is 0 Å². The van der Waals surface area contributed by atoms with Crippen LogP contribution in [0.3, 0.4) is 0 Å². The maximum Gasteiger partial charge on any atom is 0.262 e. The molecule has 1 unspecified atom stereocenters. The van der Waals surface area contributed by atoms with Gasteiger partial charge in [0.25, 0.3) is 11.8 Å². The lowest BCUT2D eigenvalue weighted by Crippen LogP contribution is -2.78. The predicted octanol–water partition coefficient (Wildman–Crippen LogP) is 0.700. The standard InChI is InChI=1S/C35H46FN7O7S/c36-26-15-24-25(32(47)43(31(24)46)27-1-2-29(44)39-30(27)45)16-28(26)40-9-3-21(4-10-40)17-38-35-18-34(19-35,20-35)33(48)41-11-7-23(8-12-41)51(49,50)42-13-5-22(37)6-14-42/h15-16,21-23,27,38H,1-14,17-20,37H2,(H,39,44,45). The second-order valence-corrected chi connectivity index (χ2v) is 18.2. The van der Waals surface area contributed by atoms with E-state index in [1.165, 1.54) is 6.07 Å². The fourth-order valence-electron chi connectivity index (χ4n) is 9.70. The van der Waals surface area contributed by atoms with Crippen molar-refractivity contribution in [1.29, 1.82) is 0 Å². The molecule has 1 aromatic rings. The van der Waals surface area contributed by atoms with Gasteiger partial charge < -0.3 is 20.9 Å². The zero-order valence-electron chi connectivity index (χ0n) is 28.7. The number of sulfonamides is 1. The highest BCUT2D eigenvalue weighted by atomic mass is 32.2. The van der Waals surface area contributed by atoms with Gasteiger partial charge in [-0.05, 0) is 88.8 Å². The number of hydrogen-bond acceptors (Lipinski definition) is 10. The normalized spacial score (nSPS) is 31.0. The van der Waals surface area contributed by atoms with E-state index in [2.05, 4.69) is 10.6 Å². The molecule has 7 fully saturated rings. The molecule has 9 rings (SSSR count). The van der Waals surface area contributed by atoms with E-state index in [0.29, 0.717) is 70.9 Å². The number of likely N-dealkylation sites (tertiary alicyclic amines) is 1. The van der Waals surface area contributed by atoms with E-state index in [9.17, 15) is 32.4 Å². The van der Waals surface area contributed by atoms with Crippen molar-refractivity contribution in [2.75, 3.05) is 50.7 Å². The Morgan fingerprint density at radius 2 is 1.51 bits per heavy atom. The minimum atomic E-state index is -3.38. The Hall–Kier alpha value is -3.47. The first-order chi connectivity index (χ1) is 24.3. The Kier molecular flexibility index (Phi) is 8.54. The topological polar surface area (TPSA) is 183 Å². The predicted molar refractivity (Wildman–Crippen MR) is 182 cm³/mol. The van der Waals surface area contributed by atoms with Crippen LogP contribution in [0, 0.1) is 17.2 Å². The highest BCUT2D eigenvalue weighted by Gasteiger charge is 2.72. The number of benzene rings is 1. The molecule has 5 aliphatic heterocycles. The first-order valence-electron chi connectivity index (χ1n) is 18.4. The van der Waals surface area contributed by atoms with E-state index in [-0.39, 0.29) is 52.6 Å². The second-order valence-electron chi connectivity index (χ2n) is 16.0. The summed E-state index contributed by atoms with van der Waals surface area (Å²) in [7, 11) is -3.38. The molecule has 5 heterocycles. The zero-order valence-corrected chi connectivity index (χ0v) is 29.5. The number of carbonyl (C=O) groups is 5. The fourth-order valence-corrected chi connectivity index (χ4v) is 11.6. The molecule has 16 heteroatoms. The molecule has 8 aliphatic rings. The maximum absolute atomic E-state index is 15.4. The summed E-state index contributed by atoms with van der Waals surface area (Å²) in [5.74, 6) is -2.62. The summed E-state index contributed by atoms with van der Waals surface area (Å²) in [5, 5.41) is 5.46. The monoisotopic (exact) mass is 727 g/mol. The molecular formula is C35H46FN7O7S. The summed E-state index contributed by atoms with van der Waals surface area (Å²) >= 11 is 0. The van der Waals surface area contributed by atoms with Crippen molar-refractivity contribution in [1.82, 2.24) is 24.7 Å². The van der Waals surface area contributed by atoms with Crippen LogP contribution in [0.1, 0.15) is 91.3 Å². The third-order valence-corrected chi connectivity index (χ3v) is 15.1. The molecule has 2 bridgehead atoms. The van der Waals surface area contributed by atoms with Crippen LogP contribution in [-0.4, -0.2) is 121 Å². The number of rotatable bonds is 8. The van der Waals surface area contributed by atoms with Gasteiger partial charge >= 0.3 is 0 Å². The lowest BCUT2D eigenvalue weighted by atomic mass is 9.39. The second kappa shape index (κ2) is 12.6. The van der Waals surface area contributed by atoms with E-state index in [0.717, 1.165) is 49.6 Å². The number of amides is 5. The Balaban J connectivity index is 0.795. The summed E-state index contributed by atoms with van der Waals surface area (Å²) in [6.45, 7) is 3.86. The highest BCUT2D eigenvalue weighted by Crippen LogP contribution is 2.68. The molecule has 4 N–H and O–H groups in total. The van der Waals surface area contributed by atoms with Crippen LogP contribution in [0.4, 0.5) is 10.1 Å². The van der Waals surface area contributed by atoms with E-state index < -0.39 is 50.8 Å². The summed E-state index contributed by atoms with van der Waals surface area (Å²) < 4.78 is 43.3. The van der Waals surface area contributed by atoms with E-state index in [1.54, 1.807) is 4.31 Å². The number of piperidine rings is 4. The Morgan fingerprint density at radius 3 is 2.14 bits per heavy atom. The molecule has 51 heavy (non-hydrogen) atoms. The van der Waals surface area contributed by atoms with E-state index in [4.69, 9.17) is 5.73 Å². The fraction of sp³-hybridized carbons (Fsp3) is 0.686. The number of nitrogens with one attached hydrogen (secondary N) is 2. The van der Waals surface area contributed by atoms with Gasteiger partial charge in [0.1, 0.15) is 11.9 Å². The van der Waals surface area contributed by atoms with Gasteiger partial charge in [-0.3, -0.25) is 34.2 Å². The SMILES string of the molecule is NC1CCN(S(=O)(=O)C2CCN(C(=O)C34CC(NCC5CCN(c6cc7c(cc6F)C(=O)N(C6CCC(=O)NC6=O)C7=O)CC5)(C3)C4)CC2)CC1. The van der Waals surface area contributed by atoms with Gasteiger partial charge in [-0.1, -0.05) is 0 Å². The smallest absolute Gasteiger partial charge is 0.262 e.